The molecule has 3 rings (SSSR count). The van der Waals surface area contributed by atoms with E-state index in [-0.39, 0.29) is 11.9 Å². The number of quaternary nitrogens is 1. The highest BCUT2D eigenvalue weighted by Crippen LogP contribution is 2.29. The number of nitrogens with one attached hydrogen (secondary N) is 2. The number of carbonyl (C=O) groups is 1. The predicted octanol–water partition coefficient (Wildman–Crippen LogP) is 2.39. The maximum Gasteiger partial charge on any atom is 0.230 e. The Bertz CT molecular complexity index is 800. The van der Waals surface area contributed by atoms with Crippen molar-refractivity contribution in [3.8, 4) is 0 Å². The second kappa shape index (κ2) is 8.47. The Morgan fingerprint density at radius 1 is 1.16 bits per heavy atom. The van der Waals surface area contributed by atoms with E-state index in [0.717, 1.165) is 14.6 Å². The number of likely N-dealkylation sites (N-methyl/N-ethyl adjacent to an activating group) is 1. The number of carbonyl (C=O) groups excluding carboxylic acids is 1. The second-order valence-corrected chi connectivity index (χ2v) is 8.33. The highest BCUT2D eigenvalue weighted by Gasteiger charge is 2.18. The van der Waals surface area contributed by atoms with Gasteiger partial charge in [-0.05, 0) is 12.1 Å². The molecule has 6 heteroatoms. The summed E-state index contributed by atoms with van der Waals surface area (Å²) >= 11 is 3.13. The summed E-state index contributed by atoms with van der Waals surface area (Å²) in [6.45, 7) is 0.631. The molecule has 1 heterocycles. The van der Waals surface area contributed by atoms with E-state index in [0.29, 0.717) is 12.3 Å². The quantitative estimate of drug-likeness (QED) is 0.626. The van der Waals surface area contributed by atoms with Crippen LogP contribution in [0.25, 0.3) is 10.2 Å². The van der Waals surface area contributed by atoms with Crippen molar-refractivity contribution < 1.29 is 9.69 Å². The monoisotopic (exact) mass is 372 g/mol. The van der Waals surface area contributed by atoms with Gasteiger partial charge in [-0.3, -0.25) is 4.79 Å². The lowest BCUT2D eigenvalue weighted by atomic mass is 10.1. The van der Waals surface area contributed by atoms with Gasteiger partial charge in [0, 0.05) is 5.56 Å². The van der Waals surface area contributed by atoms with Crippen molar-refractivity contribution in [3.05, 3.63) is 60.2 Å². The van der Waals surface area contributed by atoms with Crippen LogP contribution >= 0.6 is 23.1 Å². The Morgan fingerprint density at radius 3 is 2.60 bits per heavy atom. The fourth-order valence-electron chi connectivity index (χ4n) is 2.65. The minimum absolute atomic E-state index is 0.0476. The first-order valence-corrected chi connectivity index (χ1v) is 10.0. The van der Waals surface area contributed by atoms with Crippen LogP contribution in [0, 0.1) is 0 Å². The zero-order valence-electron chi connectivity index (χ0n) is 14.4. The molecule has 4 nitrogen and oxygen atoms in total. The van der Waals surface area contributed by atoms with E-state index in [1.165, 1.54) is 22.2 Å². The molecule has 0 saturated carbocycles. The van der Waals surface area contributed by atoms with Crippen molar-refractivity contribution in [1.82, 2.24) is 10.3 Å². The summed E-state index contributed by atoms with van der Waals surface area (Å²) in [4.78, 5) is 18.1. The van der Waals surface area contributed by atoms with Gasteiger partial charge in [-0.2, -0.15) is 0 Å². The molecule has 2 aromatic carbocycles. The summed E-state index contributed by atoms with van der Waals surface area (Å²) in [5.74, 6) is 0.441. The van der Waals surface area contributed by atoms with Crippen molar-refractivity contribution in [2.75, 3.05) is 26.4 Å². The summed E-state index contributed by atoms with van der Waals surface area (Å²) in [5, 5.41) is 3.06. The van der Waals surface area contributed by atoms with Gasteiger partial charge in [0.2, 0.25) is 5.91 Å². The van der Waals surface area contributed by atoms with E-state index in [1.807, 2.05) is 36.4 Å². The van der Waals surface area contributed by atoms with Gasteiger partial charge in [0.25, 0.3) is 0 Å². The zero-order valence-corrected chi connectivity index (χ0v) is 16.0. The van der Waals surface area contributed by atoms with E-state index in [2.05, 4.69) is 42.6 Å². The highest BCUT2D eigenvalue weighted by molar-refractivity contribution is 8.01. The number of hydrogen-bond donors (Lipinski definition) is 2. The molecule has 3 aromatic rings. The van der Waals surface area contributed by atoms with E-state index in [1.54, 1.807) is 11.3 Å². The number of aromatic nitrogens is 1. The molecule has 0 aliphatic heterocycles. The van der Waals surface area contributed by atoms with Crippen LogP contribution in [0.15, 0.2) is 58.9 Å². The number of hydrogen-bond acceptors (Lipinski definition) is 4. The number of thiazole rings is 1. The normalized spacial score (nSPS) is 12.4. The van der Waals surface area contributed by atoms with Gasteiger partial charge < -0.3 is 10.2 Å². The van der Waals surface area contributed by atoms with Gasteiger partial charge in [0.05, 0.1) is 36.6 Å². The fraction of sp³-hybridized carbons (Fsp3) is 0.263. The molecule has 0 radical (unpaired) electrons. The van der Waals surface area contributed by atoms with Gasteiger partial charge in [0.15, 0.2) is 4.34 Å². The third kappa shape index (κ3) is 4.81. The number of rotatable bonds is 7. The van der Waals surface area contributed by atoms with Gasteiger partial charge in [-0.25, -0.2) is 4.98 Å². The van der Waals surface area contributed by atoms with E-state index in [9.17, 15) is 4.79 Å². The molecular formula is C19H22N3OS2+. The maximum absolute atomic E-state index is 12.2. The van der Waals surface area contributed by atoms with Crippen LogP contribution in [0.2, 0.25) is 0 Å². The molecule has 1 amide bonds. The van der Waals surface area contributed by atoms with Crippen LogP contribution < -0.4 is 10.2 Å². The van der Waals surface area contributed by atoms with Gasteiger partial charge in [-0.1, -0.05) is 54.2 Å². The minimum atomic E-state index is 0.0476. The average molecular weight is 373 g/mol. The molecule has 1 atom stereocenters. The SMILES string of the molecule is C[NH+](C)[C@@H](CNC(=O)CSc1nc2ccccc2s1)c1ccccc1. The number of nitrogens with zero attached hydrogens (tertiary/aromatic N) is 1. The molecular weight excluding hydrogens is 350 g/mol. The number of amides is 1. The predicted molar refractivity (Wildman–Crippen MR) is 105 cm³/mol. The first-order valence-electron chi connectivity index (χ1n) is 8.23. The van der Waals surface area contributed by atoms with Gasteiger partial charge in [0.1, 0.15) is 6.04 Å². The molecule has 0 spiro atoms. The minimum Gasteiger partial charge on any atom is -0.349 e. The number of para-hydroxylation sites is 1. The third-order valence-corrected chi connectivity index (χ3v) is 6.18. The van der Waals surface area contributed by atoms with Crippen molar-refractivity contribution in [1.29, 1.82) is 0 Å². The zero-order chi connectivity index (χ0) is 17.6. The van der Waals surface area contributed by atoms with Crippen LogP contribution in [-0.4, -0.2) is 37.3 Å². The van der Waals surface area contributed by atoms with Gasteiger partial charge in [-0.15, -0.1) is 11.3 Å². The largest absolute Gasteiger partial charge is 0.349 e. The molecule has 130 valence electrons. The number of thioether (sulfide) groups is 1. The van der Waals surface area contributed by atoms with Crippen LogP contribution in [0.3, 0.4) is 0 Å². The molecule has 1 aromatic heterocycles. The molecule has 2 N–H and O–H groups in total. The van der Waals surface area contributed by atoms with Crippen LogP contribution in [0.4, 0.5) is 0 Å². The molecule has 0 aliphatic rings. The Kier molecular flexibility index (Phi) is 6.07. The van der Waals surface area contributed by atoms with Crippen molar-refractivity contribution >= 4 is 39.2 Å². The first kappa shape index (κ1) is 17.9. The smallest absolute Gasteiger partial charge is 0.230 e. The lowest BCUT2D eigenvalue weighted by Crippen LogP contribution is -3.07. The Hall–Kier alpha value is -1.89. The van der Waals surface area contributed by atoms with Crippen molar-refractivity contribution in [2.24, 2.45) is 0 Å². The van der Waals surface area contributed by atoms with E-state index in [4.69, 9.17) is 0 Å². The standard InChI is InChI=1S/C19H21N3OS2/c1-22(2)16(14-8-4-3-5-9-14)12-20-18(23)13-24-19-21-15-10-6-7-11-17(15)25-19/h3-11,16H,12-13H2,1-2H3,(H,20,23)/p+1/t16-/m0/s1. The molecule has 0 aliphatic carbocycles. The molecule has 0 unspecified atom stereocenters. The Labute approximate surface area is 156 Å². The first-order chi connectivity index (χ1) is 12.1. The molecule has 25 heavy (non-hydrogen) atoms. The number of fused-ring (bicyclic) bond motifs is 1. The molecule has 0 bridgehead atoms. The maximum atomic E-state index is 12.2. The number of benzene rings is 2. The Morgan fingerprint density at radius 2 is 1.88 bits per heavy atom. The van der Waals surface area contributed by atoms with Crippen LogP contribution in [0.1, 0.15) is 11.6 Å². The summed E-state index contributed by atoms with van der Waals surface area (Å²) in [5.41, 5.74) is 2.23. The topological polar surface area (TPSA) is 46.4 Å². The van der Waals surface area contributed by atoms with Gasteiger partial charge >= 0.3 is 0 Å². The van der Waals surface area contributed by atoms with Crippen molar-refractivity contribution in [2.45, 2.75) is 10.4 Å². The third-order valence-electron chi connectivity index (χ3n) is 4.00. The lowest BCUT2D eigenvalue weighted by Gasteiger charge is -2.22. The summed E-state index contributed by atoms with van der Waals surface area (Å²) in [7, 11) is 4.22. The summed E-state index contributed by atoms with van der Waals surface area (Å²) < 4.78 is 2.10. The molecule has 0 fully saturated rings. The summed E-state index contributed by atoms with van der Waals surface area (Å²) in [6.07, 6.45) is 0. The van der Waals surface area contributed by atoms with E-state index >= 15 is 0 Å². The van der Waals surface area contributed by atoms with Crippen molar-refractivity contribution in [3.63, 3.8) is 0 Å². The highest BCUT2D eigenvalue weighted by atomic mass is 32.2. The van der Waals surface area contributed by atoms with Crippen LogP contribution in [0.5, 0.6) is 0 Å². The second-order valence-electron chi connectivity index (χ2n) is 6.08. The Balaban J connectivity index is 1.53. The average Bonchev–Trinajstić information content (AvgIpc) is 3.04. The molecule has 0 saturated heterocycles. The lowest BCUT2D eigenvalue weighted by molar-refractivity contribution is -0.890. The van der Waals surface area contributed by atoms with E-state index < -0.39 is 0 Å². The summed E-state index contributed by atoms with van der Waals surface area (Å²) in [6, 6.07) is 18.6. The van der Waals surface area contributed by atoms with Crippen LogP contribution in [-0.2, 0) is 4.79 Å². The fourth-order valence-corrected chi connectivity index (χ4v) is 4.55.